The largest absolute Gasteiger partial charge is 0.486 e. The number of carbonyl (C=O) groups is 2. The topological polar surface area (TPSA) is 124 Å². The third kappa shape index (κ3) is 7.42. The minimum Gasteiger partial charge on any atom is -0.486 e. The Bertz CT molecular complexity index is 1420. The lowest BCUT2D eigenvalue weighted by Gasteiger charge is -2.28. The van der Waals surface area contributed by atoms with E-state index in [1.807, 2.05) is 0 Å². The zero-order valence-corrected chi connectivity index (χ0v) is 22.0. The standard InChI is InChI=1S/C26H28FN3O7S/c1-5-14-35-25(32)29-38(33,34)30(16-22(31)37-26(2,3)4)24-21(36-17-18-10-7-6-8-11-18)15-20-19(23(24)27)12-9-13-28-20/h5-13,15H,1,14,16-17H2,2-4H3,(H,29,32). The van der Waals surface area contributed by atoms with Crippen molar-refractivity contribution in [2.24, 2.45) is 0 Å². The first-order valence-corrected chi connectivity index (χ1v) is 12.9. The molecule has 12 heteroatoms. The van der Waals surface area contributed by atoms with E-state index >= 15 is 4.39 Å². The van der Waals surface area contributed by atoms with Gasteiger partial charge in [0.1, 0.15) is 36.8 Å². The molecule has 0 spiro atoms. The summed E-state index contributed by atoms with van der Waals surface area (Å²) in [6, 6.07) is 13.1. The lowest BCUT2D eigenvalue weighted by atomic mass is 10.1. The monoisotopic (exact) mass is 545 g/mol. The number of ether oxygens (including phenoxy) is 3. The van der Waals surface area contributed by atoms with E-state index in [1.165, 1.54) is 30.5 Å². The maximum Gasteiger partial charge on any atom is 0.422 e. The highest BCUT2D eigenvalue weighted by Gasteiger charge is 2.35. The van der Waals surface area contributed by atoms with Gasteiger partial charge in [-0.25, -0.2) is 18.2 Å². The molecule has 38 heavy (non-hydrogen) atoms. The number of amides is 1. The average molecular weight is 546 g/mol. The fraction of sp³-hybridized carbons (Fsp3) is 0.269. The van der Waals surface area contributed by atoms with E-state index in [2.05, 4.69) is 11.6 Å². The van der Waals surface area contributed by atoms with Gasteiger partial charge in [0.15, 0.2) is 5.82 Å². The molecule has 2 aromatic carbocycles. The minimum atomic E-state index is -4.92. The molecule has 0 aliphatic heterocycles. The number of pyridine rings is 1. The van der Waals surface area contributed by atoms with Gasteiger partial charge in [-0.05, 0) is 38.5 Å². The Hall–Kier alpha value is -4.19. The highest BCUT2D eigenvalue weighted by Crippen LogP contribution is 2.38. The molecule has 0 bridgehead atoms. The molecule has 0 aliphatic carbocycles. The normalized spacial score (nSPS) is 11.5. The zero-order chi connectivity index (χ0) is 27.9. The summed E-state index contributed by atoms with van der Waals surface area (Å²) in [7, 11) is -4.92. The van der Waals surface area contributed by atoms with Crippen LogP contribution in [-0.2, 0) is 31.1 Å². The SMILES string of the molecule is C=CCOC(=O)NS(=O)(=O)N(CC(=O)OC(C)(C)C)c1c(OCc2ccccc2)cc2ncccc2c1F. The number of rotatable bonds is 10. The van der Waals surface area contributed by atoms with Gasteiger partial charge in [-0.3, -0.25) is 9.78 Å². The van der Waals surface area contributed by atoms with Crippen molar-refractivity contribution < 1.29 is 36.6 Å². The molecule has 3 rings (SSSR count). The molecular formula is C26H28FN3O7S. The fourth-order valence-corrected chi connectivity index (χ4v) is 4.39. The first-order chi connectivity index (χ1) is 17.9. The molecule has 0 fully saturated rings. The molecule has 10 nitrogen and oxygen atoms in total. The number of anilines is 1. The first-order valence-electron chi connectivity index (χ1n) is 11.4. The first kappa shape index (κ1) is 28.4. The summed E-state index contributed by atoms with van der Waals surface area (Å²) < 4.78 is 60.6. The highest BCUT2D eigenvalue weighted by atomic mass is 32.2. The lowest BCUT2D eigenvalue weighted by Crippen LogP contribution is -2.47. The lowest BCUT2D eigenvalue weighted by molar-refractivity contribution is -0.152. The van der Waals surface area contributed by atoms with Crippen LogP contribution < -0.4 is 13.8 Å². The maximum atomic E-state index is 16.0. The van der Waals surface area contributed by atoms with Crippen molar-refractivity contribution in [1.82, 2.24) is 9.71 Å². The highest BCUT2D eigenvalue weighted by molar-refractivity contribution is 7.91. The number of hydrogen-bond donors (Lipinski definition) is 1. The van der Waals surface area contributed by atoms with Crippen molar-refractivity contribution >= 4 is 38.9 Å². The molecule has 1 amide bonds. The number of aromatic nitrogens is 1. The van der Waals surface area contributed by atoms with E-state index in [9.17, 15) is 18.0 Å². The van der Waals surface area contributed by atoms with Crippen LogP contribution in [0.4, 0.5) is 14.9 Å². The Morgan fingerprint density at radius 1 is 1.16 bits per heavy atom. The number of hydrogen-bond acceptors (Lipinski definition) is 8. The molecule has 0 aliphatic rings. The molecule has 0 atom stereocenters. The smallest absolute Gasteiger partial charge is 0.422 e. The van der Waals surface area contributed by atoms with Gasteiger partial charge in [-0.15, -0.1) is 0 Å². The molecule has 0 saturated heterocycles. The van der Waals surface area contributed by atoms with Gasteiger partial charge in [-0.2, -0.15) is 8.42 Å². The number of benzene rings is 2. The van der Waals surface area contributed by atoms with Crippen molar-refractivity contribution in [2.45, 2.75) is 33.0 Å². The van der Waals surface area contributed by atoms with Gasteiger partial charge in [0.2, 0.25) is 0 Å². The van der Waals surface area contributed by atoms with Crippen LogP contribution in [0.2, 0.25) is 0 Å². The maximum absolute atomic E-state index is 16.0. The molecule has 1 N–H and O–H groups in total. The molecular weight excluding hydrogens is 517 g/mol. The summed E-state index contributed by atoms with van der Waals surface area (Å²) in [6.07, 6.45) is 1.32. The van der Waals surface area contributed by atoms with E-state index in [-0.39, 0.29) is 29.9 Å². The van der Waals surface area contributed by atoms with E-state index in [0.717, 1.165) is 0 Å². The van der Waals surface area contributed by atoms with Crippen molar-refractivity contribution in [2.75, 3.05) is 17.5 Å². The van der Waals surface area contributed by atoms with E-state index < -0.39 is 45.9 Å². The number of fused-ring (bicyclic) bond motifs is 1. The average Bonchev–Trinajstić information content (AvgIpc) is 2.84. The summed E-state index contributed by atoms with van der Waals surface area (Å²) in [5, 5.41) is -0.0341. The van der Waals surface area contributed by atoms with Crippen molar-refractivity contribution in [3.63, 3.8) is 0 Å². The number of esters is 1. The Balaban J connectivity index is 2.15. The van der Waals surface area contributed by atoms with Crippen molar-refractivity contribution in [1.29, 1.82) is 0 Å². The Morgan fingerprint density at radius 2 is 1.87 bits per heavy atom. The number of halogens is 1. The molecule has 1 aromatic heterocycles. The summed E-state index contributed by atoms with van der Waals surface area (Å²) in [5.74, 6) is -2.26. The third-order valence-corrected chi connectivity index (χ3v) is 6.11. The van der Waals surface area contributed by atoms with Crippen molar-refractivity contribution in [3.05, 3.63) is 78.8 Å². The summed E-state index contributed by atoms with van der Waals surface area (Å²) in [4.78, 5) is 29.0. The van der Waals surface area contributed by atoms with Crippen LogP contribution in [-0.4, -0.2) is 44.2 Å². The van der Waals surface area contributed by atoms with Gasteiger partial charge in [0.05, 0.1) is 5.52 Å². The second-order valence-corrected chi connectivity index (χ2v) is 10.6. The molecule has 0 unspecified atom stereocenters. The minimum absolute atomic E-state index is 0.0341. The third-order valence-electron chi connectivity index (χ3n) is 4.80. The number of nitrogens with one attached hydrogen (secondary N) is 1. The van der Waals surface area contributed by atoms with Crippen LogP contribution in [0.5, 0.6) is 5.75 Å². The van der Waals surface area contributed by atoms with Gasteiger partial charge < -0.3 is 14.2 Å². The molecule has 3 aromatic rings. The second kappa shape index (κ2) is 11.9. The van der Waals surface area contributed by atoms with Crippen LogP contribution >= 0.6 is 0 Å². The summed E-state index contributed by atoms with van der Waals surface area (Å²) in [5.41, 5.74) is -0.685. The van der Waals surface area contributed by atoms with Crippen LogP contribution in [0.15, 0.2) is 67.4 Å². The fourth-order valence-electron chi connectivity index (χ4n) is 3.32. The zero-order valence-electron chi connectivity index (χ0n) is 21.1. The predicted octanol–water partition coefficient (Wildman–Crippen LogP) is 4.26. The quantitative estimate of drug-likeness (QED) is 0.296. The number of carbonyl (C=O) groups excluding carboxylic acids is 2. The molecule has 202 valence electrons. The van der Waals surface area contributed by atoms with Crippen LogP contribution in [0.1, 0.15) is 26.3 Å². The summed E-state index contributed by atoms with van der Waals surface area (Å²) >= 11 is 0. The van der Waals surface area contributed by atoms with Crippen LogP contribution in [0, 0.1) is 5.82 Å². The summed E-state index contributed by atoms with van der Waals surface area (Å²) in [6.45, 7) is 6.83. The van der Waals surface area contributed by atoms with Gasteiger partial charge in [-0.1, -0.05) is 43.0 Å². The number of nitrogens with zero attached hydrogens (tertiary/aromatic N) is 2. The van der Waals surface area contributed by atoms with Crippen LogP contribution in [0.3, 0.4) is 0 Å². The van der Waals surface area contributed by atoms with E-state index in [0.29, 0.717) is 9.87 Å². The van der Waals surface area contributed by atoms with E-state index in [4.69, 9.17) is 14.2 Å². The van der Waals surface area contributed by atoms with Gasteiger partial charge in [0.25, 0.3) is 0 Å². The Morgan fingerprint density at radius 3 is 2.53 bits per heavy atom. The van der Waals surface area contributed by atoms with E-state index in [1.54, 1.807) is 55.8 Å². The predicted molar refractivity (Wildman–Crippen MR) is 139 cm³/mol. The van der Waals surface area contributed by atoms with Gasteiger partial charge >= 0.3 is 22.3 Å². The Labute approximate surface area is 220 Å². The molecule has 0 saturated carbocycles. The Kier molecular flexibility index (Phi) is 8.89. The molecule has 1 heterocycles. The molecule has 0 radical (unpaired) electrons. The van der Waals surface area contributed by atoms with Crippen molar-refractivity contribution in [3.8, 4) is 5.75 Å². The van der Waals surface area contributed by atoms with Gasteiger partial charge in [0, 0.05) is 17.6 Å². The van der Waals surface area contributed by atoms with Crippen LogP contribution in [0.25, 0.3) is 10.9 Å². The second-order valence-electron chi connectivity index (χ2n) is 8.97.